The second-order valence-electron chi connectivity index (χ2n) is 4.39. The van der Waals surface area contributed by atoms with Gasteiger partial charge in [0.15, 0.2) is 0 Å². The number of benzene rings is 2. The van der Waals surface area contributed by atoms with Crippen LogP contribution < -0.4 is 4.74 Å². The van der Waals surface area contributed by atoms with Crippen LogP contribution in [-0.4, -0.2) is 11.7 Å². The van der Waals surface area contributed by atoms with Crippen molar-refractivity contribution < 1.29 is 9.84 Å². The van der Waals surface area contributed by atoms with E-state index in [2.05, 4.69) is 6.92 Å². The summed E-state index contributed by atoms with van der Waals surface area (Å²) in [5.41, 5.74) is 2.99. The first-order valence-corrected chi connectivity index (χ1v) is 6.23. The molecular weight excluding hydrogens is 224 g/mol. The molecule has 1 N–H and O–H groups in total. The average molecular weight is 242 g/mol. The molecule has 2 nitrogen and oxygen atoms in total. The summed E-state index contributed by atoms with van der Waals surface area (Å²) in [6, 6.07) is 13.4. The van der Waals surface area contributed by atoms with E-state index in [1.54, 1.807) is 6.07 Å². The lowest BCUT2D eigenvalue weighted by Crippen LogP contribution is -1.94. The van der Waals surface area contributed by atoms with Crippen molar-refractivity contribution in [3.05, 3.63) is 48.0 Å². The summed E-state index contributed by atoms with van der Waals surface area (Å²) in [4.78, 5) is 0. The molecule has 0 heterocycles. The number of hydrogen-bond acceptors (Lipinski definition) is 2. The van der Waals surface area contributed by atoms with Crippen molar-refractivity contribution in [2.45, 2.75) is 20.3 Å². The molecule has 2 aromatic carbocycles. The molecule has 0 radical (unpaired) electrons. The fourth-order valence-corrected chi connectivity index (χ4v) is 1.83. The summed E-state index contributed by atoms with van der Waals surface area (Å²) in [5, 5.41) is 9.87. The Hall–Kier alpha value is -1.96. The van der Waals surface area contributed by atoms with Gasteiger partial charge in [-0.1, -0.05) is 30.7 Å². The first-order chi connectivity index (χ1) is 8.70. The van der Waals surface area contributed by atoms with E-state index in [1.807, 2.05) is 43.3 Å². The minimum atomic E-state index is 0.308. The molecule has 0 saturated heterocycles. The molecule has 18 heavy (non-hydrogen) atoms. The van der Waals surface area contributed by atoms with E-state index in [0.29, 0.717) is 5.75 Å². The van der Waals surface area contributed by atoms with Gasteiger partial charge < -0.3 is 9.84 Å². The molecule has 94 valence electrons. The van der Waals surface area contributed by atoms with E-state index in [0.717, 1.165) is 35.5 Å². The zero-order valence-corrected chi connectivity index (χ0v) is 10.8. The number of phenolic OH excluding ortho intramolecular Hbond substituents is 1. The quantitative estimate of drug-likeness (QED) is 0.872. The molecule has 2 rings (SSSR count). The summed E-state index contributed by atoms with van der Waals surface area (Å²) in [7, 11) is 0. The van der Waals surface area contributed by atoms with Gasteiger partial charge in [-0.05, 0) is 43.2 Å². The monoisotopic (exact) mass is 242 g/mol. The smallest absolute Gasteiger partial charge is 0.123 e. The number of rotatable bonds is 4. The summed E-state index contributed by atoms with van der Waals surface area (Å²) >= 11 is 0. The lowest BCUT2D eigenvalue weighted by molar-refractivity contribution is 0.317. The molecular formula is C16H18O2. The van der Waals surface area contributed by atoms with Crippen LogP contribution in [-0.2, 0) is 0 Å². The molecule has 0 saturated carbocycles. The van der Waals surface area contributed by atoms with Crippen LogP contribution in [0.15, 0.2) is 42.5 Å². The van der Waals surface area contributed by atoms with E-state index in [9.17, 15) is 5.11 Å². The lowest BCUT2D eigenvalue weighted by Gasteiger charge is -2.08. The van der Waals surface area contributed by atoms with Gasteiger partial charge in [-0.3, -0.25) is 0 Å². The van der Waals surface area contributed by atoms with Gasteiger partial charge in [0.1, 0.15) is 11.5 Å². The van der Waals surface area contributed by atoms with Gasteiger partial charge in [0.05, 0.1) is 6.61 Å². The fraction of sp³-hybridized carbons (Fsp3) is 0.250. The number of hydrogen-bond donors (Lipinski definition) is 1. The van der Waals surface area contributed by atoms with Crippen molar-refractivity contribution in [3.8, 4) is 22.6 Å². The van der Waals surface area contributed by atoms with Gasteiger partial charge in [-0.15, -0.1) is 0 Å². The molecule has 0 aliphatic heterocycles. The highest BCUT2D eigenvalue weighted by Crippen LogP contribution is 2.30. The van der Waals surface area contributed by atoms with E-state index in [1.165, 1.54) is 0 Å². The van der Waals surface area contributed by atoms with Gasteiger partial charge >= 0.3 is 0 Å². The zero-order valence-electron chi connectivity index (χ0n) is 10.8. The van der Waals surface area contributed by atoms with Crippen molar-refractivity contribution in [2.75, 3.05) is 6.61 Å². The molecule has 0 unspecified atom stereocenters. The van der Waals surface area contributed by atoms with Crippen LogP contribution in [0.2, 0.25) is 0 Å². The number of ether oxygens (including phenoxy) is 1. The summed E-state index contributed by atoms with van der Waals surface area (Å²) < 4.78 is 5.54. The Kier molecular flexibility index (Phi) is 3.88. The zero-order chi connectivity index (χ0) is 13.0. The van der Waals surface area contributed by atoms with Crippen LogP contribution in [0.25, 0.3) is 11.1 Å². The third-order valence-electron chi connectivity index (χ3n) is 2.79. The standard InChI is InChI=1S/C16H18O2/c1-3-10-18-14-7-5-13(6-8-14)15-11-12(2)4-9-16(15)17/h4-9,11,17H,3,10H2,1-2H3. The Morgan fingerprint density at radius 2 is 1.78 bits per heavy atom. The number of aromatic hydroxyl groups is 1. The summed E-state index contributed by atoms with van der Waals surface area (Å²) in [5.74, 6) is 1.18. The Labute approximate surface area is 108 Å². The topological polar surface area (TPSA) is 29.5 Å². The molecule has 0 fully saturated rings. The summed E-state index contributed by atoms with van der Waals surface area (Å²) in [6.45, 7) is 4.83. The molecule has 2 heteroatoms. The Morgan fingerprint density at radius 3 is 2.44 bits per heavy atom. The predicted molar refractivity (Wildman–Crippen MR) is 74.1 cm³/mol. The minimum Gasteiger partial charge on any atom is -0.507 e. The van der Waals surface area contributed by atoms with E-state index in [4.69, 9.17) is 4.74 Å². The molecule has 0 amide bonds. The molecule has 0 aliphatic rings. The largest absolute Gasteiger partial charge is 0.507 e. The second kappa shape index (κ2) is 5.58. The van der Waals surface area contributed by atoms with Gasteiger partial charge in [0.25, 0.3) is 0 Å². The molecule has 0 aromatic heterocycles. The fourth-order valence-electron chi connectivity index (χ4n) is 1.83. The van der Waals surface area contributed by atoms with Crippen LogP contribution in [0.3, 0.4) is 0 Å². The maximum Gasteiger partial charge on any atom is 0.123 e. The normalized spacial score (nSPS) is 10.3. The van der Waals surface area contributed by atoms with Crippen molar-refractivity contribution in [1.82, 2.24) is 0 Å². The lowest BCUT2D eigenvalue weighted by atomic mass is 10.0. The maximum absolute atomic E-state index is 9.87. The summed E-state index contributed by atoms with van der Waals surface area (Å²) in [6.07, 6.45) is 1.00. The van der Waals surface area contributed by atoms with Crippen LogP contribution >= 0.6 is 0 Å². The second-order valence-corrected chi connectivity index (χ2v) is 4.39. The van der Waals surface area contributed by atoms with Gasteiger partial charge in [-0.25, -0.2) is 0 Å². The molecule has 0 aliphatic carbocycles. The van der Waals surface area contributed by atoms with E-state index in [-0.39, 0.29) is 0 Å². The van der Waals surface area contributed by atoms with Crippen molar-refractivity contribution in [3.63, 3.8) is 0 Å². The number of phenols is 1. The Bertz CT molecular complexity index is 515. The van der Waals surface area contributed by atoms with Crippen molar-refractivity contribution in [1.29, 1.82) is 0 Å². The number of aryl methyl sites for hydroxylation is 1. The van der Waals surface area contributed by atoms with Gasteiger partial charge in [0, 0.05) is 5.56 Å². The average Bonchev–Trinajstić information content (AvgIpc) is 2.40. The van der Waals surface area contributed by atoms with E-state index < -0.39 is 0 Å². The van der Waals surface area contributed by atoms with E-state index >= 15 is 0 Å². The van der Waals surface area contributed by atoms with Crippen molar-refractivity contribution >= 4 is 0 Å². The first kappa shape index (κ1) is 12.5. The van der Waals surface area contributed by atoms with Crippen LogP contribution in [0.4, 0.5) is 0 Å². The third kappa shape index (κ3) is 2.83. The Morgan fingerprint density at radius 1 is 1.06 bits per heavy atom. The van der Waals surface area contributed by atoms with Gasteiger partial charge in [0.2, 0.25) is 0 Å². The van der Waals surface area contributed by atoms with Gasteiger partial charge in [-0.2, -0.15) is 0 Å². The first-order valence-electron chi connectivity index (χ1n) is 6.23. The minimum absolute atomic E-state index is 0.308. The van der Waals surface area contributed by atoms with Crippen LogP contribution in [0.5, 0.6) is 11.5 Å². The molecule has 0 spiro atoms. The predicted octanol–water partition coefficient (Wildman–Crippen LogP) is 4.16. The third-order valence-corrected chi connectivity index (χ3v) is 2.79. The SMILES string of the molecule is CCCOc1ccc(-c2cc(C)ccc2O)cc1. The van der Waals surface area contributed by atoms with Crippen molar-refractivity contribution in [2.24, 2.45) is 0 Å². The molecule has 2 aromatic rings. The molecule has 0 bridgehead atoms. The maximum atomic E-state index is 9.87. The van der Waals surface area contributed by atoms with Crippen LogP contribution in [0.1, 0.15) is 18.9 Å². The van der Waals surface area contributed by atoms with Crippen LogP contribution in [0, 0.1) is 6.92 Å². The molecule has 0 atom stereocenters. The highest BCUT2D eigenvalue weighted by atomic mass is 16.5. The Balaban J connectivity index is 2.25. The highest BCUT2D eigenvalue weighted by molar-refractivity contribution is 5.71. The highest BCUT2D eigenvalue weighted by Gasteiger charge is 2.04.